The minimum absolute atomic E-state index is 0.0269. The van der Waals surface area contributed by atoms with Crippen LogP contribution in [0.1, 0.15) is 5.56 Å². The summed E-state index contributed by atoms with van der Waals surface area (Å²) in [6.07, 6.45) is 0. The van der Waals surface area contributed by atoms with Gasteiger partial charge in [-0.25, -0.2) is 0 Å². The van der Waals surface area contributed by atoms with Gasteiger partial charge in [0.15, 0.2) is 0 Å². The van der Waals surface area contributed by atoms with Crippen LogP contribution in [0.2, 0.25) is 0 Å². The molecule has 0 radical (unpaired) electrons. The van der Waals surface area contributed by atoms with Crippen LogP contribution in [-0.4, -0.2) is 42.7 Å². The highest BCUT2D eigenvalue weighted by atomic mass is 16.5. The molecule has 0 fully saturated rings. The second kappa shape index (κ2) is 6.98. The summed E-state index contributed by atoms with van der Waals surface area (Å²) in [5.74, 6) is -0.120. The highest BCUT2D eigenvalue weighted by Gasteiger charge is 2.07. The third-order valence-electron chi connectivity index (χ3n) is 2.20. The van der Waals surface area contributed by atoms with Crippen molar-refractivity contribution in [3.63, 3.8) is 0 Å². The summed E-state index contributed by atoms with van der Waals surface area (Å²) >= 11 is 0. The van der Waals surface area contributed by atoms with Crippen molar-refractivity contribution >= 4 is 5.91 Å². The predicted molar refractivity (Wildman–Crippen MR) is 60.8 cm³/mol. The van der Waals surface area contributed by atoms with Gasteiger partial charge in [-0.2, -0.15) is 0 Å². The van der Waals surface area contributed by atoms with Crippen molar-refractivity contribution in [2.45, 2.75) is 6.61 Å². The summed E-state index contributed by atoms with van der Waals surface area (Å²) in [6.45, 7) is 0.791. The first-order valence-corrected chi connectivity index (χ1v) is 5.20. The zero-order valence-electron chi connectivity index (χ0n) is 9.43. The van der Waals surface area contributed by atoms with Gasteiger partial charge in [-0.15, -0.1) is 0 Å². The Bertz CT molecular complexity index is 313. The van der Waals surface area contributed by atoms with Crippen molar-refractivity contribution in [3.05, 3.63) is 35.9 Å². The molecule has 1 aromatic carbocycles. The number of amides is 1. The first-order chi connectivity index (χ1) is 7.74. The topological polar surface area (TPSA) is 49.8 Å². The lowest BCUT2D eigenvalue weighted by atomic mass is 10.2. The SMILES string of the molecule is CN(CCO)C(=O)COCc1ccccc1. The van der Waals surface area contributed by atoms with Crippen LogP contribution in [0.15, 0.2) is 30.3 Å². The number of carbonyl (C=O) groups is 1. The molecule has 1 rings (SSSR count). The highest BCUT2D eigenvalue weighted by molar-refractivity contribution is 5.77. The second-order valence-corrected chi connectivity index (χ2v) is 3.52. The van der Waals surface area contributed by atoms with Crippen molar-refractivity contribution in [2.75, 3.05) is 26.8 Å². The van der Waals surface area contributed by atoms with Crippen LogP contribution in [0, 0.1) is 0 Å². The zero-order chi connectivity index (χ0) is 11.8. The van der Waals surface area contributed by atoms with Crippen molar-refractivity contribution in [3.8, 4) is 0 Å². The van der Waals surface area contributed by atoms with Crippen LogP contribution in [0.4, 0.5) is 0 Å². The highest BCUT2D eigenvalue weighted by Crippen LogP contribution is 2.00. The fourth-order valence-electron chi connectivity index (χ4n) is 1.22. The van der Waals surface area contributed by atoms with Gasteiger partial charge in [0.1, 0.15) is 6.61 Å². The molecule has 0 aromatic heterocycles. The largest absolute Gasteiger partial charge is 0.395 e. The Balaban J connectivity index is 2.23. The molecule has 1 aromatic rings. The van der Waals surface area contributed by atoms with E-state index in [9.17, 15) is 4.79 Å². The van der Waals surface area contributed by atoms with Crippen LogP contribution >= 0.6 is 0 Å². The number of ether oxygens (including phenoxy) is 1. The lowest BCUT2D eigenvalue weighted by Gasteiger charge is -2.15. The van der Waals surface area contributed by atoms with E-state index in [1.807, 2.05) is 30.3 Å². The third-order valence-corrected chi connectivity index (χ3v) is 2.20. The van der Waals surface area contributed by atoms with Gasteiger partial charge in [-0.1, -0.05) is 30.3 Å². The molecule has 0 heterocycles. The van der Waals surface area contributed by atoms with Crippen molar-refractivity contribution in [1.29, 1.82) is 0 Å². The minimum Gasteiger partial charge on any atom is -0.395 e. The first kappa shape index (κ1) is 12.7. The van der Waals surface area contributed by atoms with Gasteiger partial charge in [0.25, 0.3) is 0 Å². The van der Waals surface area contributed by atoms with E-state index in [0.29, 0.717) is 13.2 Å². The molecule has 0 saturated heterocycles. The number of carbonyl (C=O) groups excluding carboxylic acids is 1. The Labute approximate surface area is 95.5 Å². The maximum atomic E-state index is 11.4. The number of hydrogen-bond donors (Lipinski definition) is 1. The third kappa shape index (κ3) is 4.42. The zero-order valence-corrected chi connectivity index (χ0v) is 9.43. The van der Waals surface area contributed by atoms with Gasteiger partial charge in [-0.3, -0.25) is 4.79 Å². The number of nitrogens with zero attached hydrogens (tertiary/aromatic N) is 1. The van der Waals surface area contributed by atoms with E-state index in [0.717, 1.165) is 5.56 Å². The van der Waals surface area contributed by atoms with Gasteiger partial charge >= 0.3 is 0 Å². The van der Waals surface area contributed by atoms with E-state index < -0.39 is 0 Å². The van der Waals surface area contributed by atoms with Gasteiger partial charge < -0.3 is 14.7 Å². The van der Waals surface area contributed by atoms with Crippen LogP contribution in [0.3, 0.4) is 0 Å². The molecule has 0 saturated carbocycles. The molecule has 16 heavy (non-hydrogen) atoms. The summed E-state index contributed by atoms with van der Waals surface area (Å²) in [6, 6.07) is 9.68. The van der Waals surface area contributed by atoms with Crippen LogP contribution in [0.5, 0.6) is 0 Å². The fourth-order valence-corrected chi connectivity index (χ4v) is 1.22. The number of aliphatic hydroxyl groups is 1. The molecule has 0 spiro atoms. The number of hydrogen-bond acceptors (Lipinski definition) is 3. The number of aliphatic hydroxyl groups excluding tert-OH is 1. The molecule has 0 unspecified atom stereocenters. The van der Waals surface area contributed by atoms with E-state index in [1.165, 1.54) is 4.90 Å². The molecule has 1 N–H and O–H groups in total. The first-order valence-electron chi connectivity index (χ1n) is 5.20. The Morgan fingerprint density at radius 2 is 2.06 bits per heavy atom. The Morgan fingerprint density at radius 1 is 1.38 bits per heavy atom. The molecule has 1 amide bonds. The summed E-state index contributed by atoms with van der Waals surface area (Å²) in [7, 11) is 1.64. The molecule has 0 bridgehead atoms. The van der Waals surface area contributed by atoms with E-state index >= 15 is 0 Å². The number of likely N-dealkylation sites (N-methyl/N-ethyl adjacent to an activating group) is 1. The molecule has 0 aliphatic heterocycles. The average Bonchev–Trinajstić information content (AvgIpc) is 2.30. The van der Waals surface area contributed by atoms with Crippen LogP contribution in [0.25, 0.3) is 0 Å². The monoisotopic (exact) mass is 223 g/mol. The Hall–Kier alpha value is -1.39. The fraction of sp³-hybridized carbons (Fsp3) is 0.417. The van der Waals surface area contributed by atoms with Crippen molar-refractivity contribution < 1.29 is 14.6 Å². The molecular formula is C12H17NO3. The van der Waals surface area contributed by atoms with Gasteiger partial charge in [0.05, 0.1) is 13.2 Å². The molecule has 0 aliphatic carbocycles. The normalized spacial score (nSPS) is 10.1. The van der Waals surface area contributed by atoms with E-state index in [1.54, 1.807) is 7.05 Å². The summed E-state index contributed by atoms with van der Waals surface area (Å²) < 4.78 is 5.28. The standard InChI is InChI=1S/C12H17NO3/c1-13(7-8-14)12(15)10-16-9-11-5-3-2-4-6-11/h2-6,14H,7-10H2,1H3. The molecular weight excluding hydrogens is 206 g/mol. The Kier molecular flexibility index (Phi) is 5.53. The predicted octanol–water partition coefficient (Wildman–Crippen LogP) is 0.654. The Morgan fingerprint density at radius 3 is 2.69 bits per heavy atom. The van der Waals surface area contributed by atoms with Crippen LogP contribution in [-0.2, 0) is 16.1 Å². The lowest BCUT2D eigenvalue weighted by molar-refractivity contribution is -0.135. The van der Waals surface area contributed by atoms with E-state index in [4.69, 9.17) is 9.84 Å². The van der Waals surface area contributed by atoms with Crippen molar-refractivity contribution in [1.82, 2.24) is 4.90 Å². The minimum atomic E-state index is -0.120. The summed E-state index contributed by atoms with van der Waals surface area (Å²) in [5.41, 5.74) is 1.04. The second-order valence-electron chi connectivity index (χ2n) is 3.52. The molecule has 4 heteroatoms. The average molecular weight is 223 g/mol. The molecule has 88 valence electrons. The molecule has 0 atom stereocenters. The van der Waals surface area contributed by atoms with Crippen molar-refractivity contribution in [2.24, 2.45) is 0 Å². The van der Waals surface area contributed by atoms with E-state index in [-0.39, 0.29) is 19.1 Å². The molecule has 4 nitrogen and oxygen atoms in total. The number of benzene rings is 1. The summed E-state index contributed by atoms with van der Waals surface area (Å²) in [5, 5.41) is 8.65. The maximum absolute atomic E-state index is 11.4. The van der Waals surface area contributed by atoms with Crippen LogP contribution < -0.4 is 0 Å². The maximum Gasteiger partial charge on any atom is 0.248 e. The lowest BCUT2D eigenvalue weighted by Crippen LogP contribution is -2.32. The molecule has 0 aliphatic rings. The van der Waals surface area contributed by atoms with Gasteiger partial charge in [0.2, 0.25) is 5.91 Å². The van der Waals surface area contributed by atoms with Gasteiger partial charge in [-0.05, 0) is 5.56 Å². The quantitative estimate of drug-likeness (QED) is 0.770. The summed E-state index contributed by atoms with van der Waals surface area (Å²) in [4.78, 5) is 12.9. The number of rotatable bonds is 6. The van der Waals surface area contributed by atoms with Gasteiger partial charge in [0, 0.05) is 13.6 Å². The van der Waals surface area contributed by atoms with E-state index in [2.05, 4.69) is 0 Å². The smallest absolute Gasteiger partial charge is 0.248 e.